The molecule has 254 valence electrons. The predicted molar refractivity (Wildman–Crippen MR) is 227 cm³/mol. The van der Waals surface area contributed by atoms with Gasteiger partial charge in [-0.3, -0.25) is 0 Å². The fourth-order valence-corrected chi connectivity index (χ4v) is 10.1. The summed E-state index contributed by atoms with van der Waals surface area (Å²) in [6.45, 7) is 0. The summed E-state index contributed by atoms with van der Waals surface area (Å²) in [5.74, 6) is 0. The van der Waals surface area contributed by atoms with E-state index in [1.165, 1.54) is 48.3 Å². The van der Waals surface area contributed by atoms with Crippen molar-refractivity contribution >= 4 is 60.4 Å². The summed E-state index contributed by atoms with van der Waals surface area (Å²) in [6, 6.07) is 72.4. The van der Waals surface area contributed by atoms with E-state index < -0.39 is 5.41 Å². The van der Waals surface area contributed by atoms with E-state index in [0.717, 1.165) is 44.6 Å². The fourth-order valence-electron chi connectivity index (χ4n) is 8.81. The third-order valence-corrected chi connectivity index (χ3v) is 12.3. The van der Waals surface area contributed by atoms with Gasteiger partial charge in [0.25, 0.3) is 0 Å². The largest absolute Gasteiger partial charge is 0.456 e. The van der Waals surface area contributed by atoms with Gasteiger partial charge in [0.2, 0.25) is 0 Å². The maximum Gasteiger partial charge on any atom is 0.137 e. The summed E-state index contributed by atoms with van der Waals surface area (Å²) < 4.78 is 8.01. The maximum absolute atomic E-state index is 6.69. The molecular formula is C51H33NOS. The highest BCUT2D eigenvalue weighted by molar-refractivity contribution is 7.22. The van der Waals surface area contributed by atoms with E-state index in [2.05, 4.69) is 205 Å². The monoisotopic (exact) mass is 707 g/mol. The number of anilines is 3. The van der Waals surface area contributed by atoms with Crippen LogP contribution in [0.15, 0.2) is 205 Å². The van der Waals surface area contributed by atoms with Gasteiger partial charge >= 0.3 is 0 Å². The van der Waals surface area contributed by atoms with Crippen LogP contribution in [0, 0.1) is 0 Å². The van der Waals surface area contributed by atoms with Crippen LogP contribution in [-0.4, -0.2) is 0 Å². The molecule has 1 aliphatic rings. The molecule has 0 aliphatic heterocycles. The summed E-state index contributed by atoms with van der Waals surface area (Å²) in [4.78, 5) is 3.62. The highest BCUT2D eigenvalue weighted by Gasteiger charge is 2.48. The summed E-state index contributed by atoms with van der Waals surface area (Å²) in [5.41, 5.74) is 13.5. The smallest absolute Gasteiger partial charge is 0.137 e. The Kier molecular flexibility index (Phi) is 6.98. The number of rotatable bonds is 6. The molecule has 0 N–H and O–H groups in total. The summed E-state index contributed by atoms with van der Waals surface area (Å²) in [6.07, 6.45) is 0. The minimum absolute atomic E-state index is 0.431. The molecule has 0 bridgehead atoms. The van der Waals surface area contributed by atoms with Gasteiger partial charge in [0.15, 0.2) is 0 Å². The van der Waals surface area contributed by atoms with Gasteiger partial charge < -0.3 is 9.32 Å². The molecule has 8 aromatic carbocycles. The standard InChI is InChI=1S/C51H33NOS/c1-5-15-36(16-6-1)51(37-17-7-2-8-18-37)45-30-26-34(31-44(45)50-49(51)43-23-13-14-24-48(43)54-50)35-25-28-41-42-29-27-40(33-47(42)53-46(41)32-35)52(38-19-9-3-10-20-38)39-21-11-4-12-22-39/h1-33H. The fraction of sp³-hybridized carbons (Fsp3) is 0.0196. The lowest BCUT2D eigenvalue weighted by Gasteiger charge is -2.34. The molecule has 0 spiro atoms. The molecule has 1 aliphatic carbocycles. The van der Waals surface area contributed by atoms with Gasteiger partial charge in [-0.1, -0.05) is 133 Å². The topological polar surface area (TPSA) is 16.4 Å². The van der Waals surface area contributed by atoms with Gasteiger partial charge in [-0.2, -0.15) is 0 Å². The number of hydrogen-bond acceptors (Lipinski definition) is 3. The summed E-state index contributed by atoms with van der Waals surface area (Å²) in [5, 5.41) is 3.55. The van der Waals surface area contributed by atoms with Gasteiger partial charge in [0, 0.05) is 43.5 Å². The van der Waals surface area contributed by atoms with Crippen LogP contribution >= 0.6 is 11.3 Å². The Morgan fingerprint density at radius 3 is 1.63 bits per heavy atom. The van der Waals surface area contributed by atoms with Crippen molar-refractivity contribution in [3.63, 3.8) is 0 Å². The number of furan rings is 1. The number of hydrogen-bond donors (Lipinski definition) is 0. The molecule has 0 saturated carbocycles. The van der Waals surface area contributed by atoms with Crippen molar-refractivity contribution in [1.29, 1.82) is 0 Å². The third kappa shape index (κ3) is 4.59. The molecule has 0 unspecified atom stereocenters. The highest BCUT2D eigenvalue weighted by Crippen LogP contribution is 2.61. The Hall–Kier alpha value is -6.68. The van der Waals surface area contributed by atoms with Crippen molar-refractivity contribution in [3.05, 3.63) is 222 Å². The van der Waals surface area contributed by atoms with E-state index in [1.807, 2.05) is 11.3 Å². The first-order valence-corrected chi connectivity index (χ1v) is 19.2. The van der Waals surface area contributed by atoms with Gasteiger partial charge in [0.1, 0.15) is 11.2 Å². The number of para-hydroxylation sites is 2. The van der Waals surface area contributed by atoms with Gasteiger partial charge in [-0.15, -0.1) is 11.3 Å². The van der Waals surface area contributed by atoms with E-state index in [4.69, 9.17) is 4.42 Å². The summed E-state index contributed by atoms with van der Waals surface area (Å²) in [7, 11) is 0. The molecule has 3 heteroatoms. The van der Waals surface area contributed by atoms with Crippen LogP contribution in [0.25, 0.3) is 53.6 Å². The van der Waals surface area contributed by atoms with Crippen molar-refractivity contribution < 1.29 is 4.42 Å². The first-order valence-electron chi connectivity index (χ1n) is 18.4. The minimum atomic E-state index is -0.431. The molecule has 0 amide bonds. The van der Waals surface area contributed by atoms with Crippen LogP contribution in [0.5, 0.6) is 0 Å². The first-order chi connectivity index (χ1) is 26.8. The van der Waals surface area contributed by atoms with Crippen molar-refractivity contribution in [2.24, 2.45) is 0 Å². The summed E-state index contributed by atoms with van der Waals surface area (Å²) >= 11 is 1.91. The van der Waals surface area contributed by atoms with Crippen molar-refractivity contribution in [1.82, 2.24) is 0 Å². The van der Waals surface area contributed by atoms with E-state index in [9.17, 15) is 0 Å². The molecule has 54 heavy (non-hydrogen) atoms. The molecule has 0 atom stereocenters. The lowest BCUT2D eigenvalue weighted by molar-refractivity contribution is 0.669. The van der Waals surface area contributed by atoms with E-state index in [-0.39, 0.29) is 0 Å². The van der Waals surface area contributed by atoms with Crippen LogP contribution < -0.4 is 4.90 Å². The molecule has 2 aromatic heterocycles. The number of benzene rings is 8. The molecule has 0 saturated heterocycles. The van der Waals surface area contributed by atoms with Crippen LogP contribution in [0.2, 0.25) is 0 Å². The van der Waals surface area contributed by atoms with Crippen molar-refractivity contribution in [2.75, 3.05) is 4.90 Å². The second kappa shape index (κ2) is 12.2. The van der Waals surface area contributed by atoms with Crippen LogP contribution in [0.4, 0.5) is 17.1 Å². The molecule has 2 heterocycles. The van der Waals surface area contributed by atoms with Crippen LogP contribution in [-0.2, 0) is 5.41 Å². The third-order valence-electron chi connectivity index (χ3n) is 11.1. The van der Waals surface area contributed by atoms with E-state index in [1.54, 1.807) is 0 Å². The van der Waals surface area contributed by atoms with Crippen molar-refractivity contribution in [3.8, 4) is 21.6 Å². The molecule has 2 nitrogen and oxygen atoms in total. The molecule has 10 aromatic rings. The van der Waals surface area contributed by atoms with E-state index >= 15 is 0 Å². The lowest BCUT2D eigenvalue weighted by atomic mass is 9.67. The van der Waals surface area contributed by atoms with Crippen LogP contribution in [0.1, 0.15) is 22.3 Å². The van der Waals surface area contributed by atoms with Crippen LogP contribution in [0.3, 0.4) is 0 Å². The Bertz CT molecular complexity index is 2900. The zero-order valence-electron chi connectivity index (χ0n) is 29.3. The molecule has 11 rings (SSSR count). The molecule has 0 radical (unpaired) electrons. The van der Waals surface area contributed by atoms with Crippen molar-refractivity contribution in [2.45, 2.75) is 5.41 Å². The Morgan fingerprint density at radius 2 is 0.963 bits per heavy atom. The lowest BCUT2D eigenvalue weighted by Crippen LogP contribution is -2.28. The van der Waals surface area contributed by atoms with Gasteiger partial charge in [-0.05, 0) is 105 Å². The number of fused-ring (bicyclic) bond motifs is 8. The Labute approximate surface area is 317 Å². The van der Waals surface area contributed by atoms with Gasteiger partial charge in [0.05, 0.1) is 5.41 Å². The maximum atomic E-state index is 6.69. The Balaban J connectivity index is 1.07. The minimum Gasteiger partial charge on any atom is -0.456 e. The normalized spacial score (nSPS) is 13.0. The zero-order valence-corrected chi connectivity index (χ0v) is 30.1. The second-order valence-electron chi connectivity index (χ2n) is 14.0. The molecular weight excluding hydrogens is 675 g/mol. The molecule has 0 fully saturated rings. The SMILES string of the molecule is c1ccc(N(c2ccccc2)c2ccc3c(c2)oc2cc(-c4ccc5c(c4)-c4sc6ccccc6c4C5(c4ccccc4)c4ccccc4)ccc23)cc1. The number of nitrogens with zero attached hydrogens (tertiary/aromatic N) is 1. The average molecular weight is 708 g/mol. The Morgan fingerprint density at radius 1 is 0.426 bits per heavy atom. The average Bonchev–Trinajstić information content (AvgIpc) is 3.90. The van der Waals surface area contributed by atoms with Gasteiger partial charge in [-0.25, -0.2) is 0 Å². The van der Waals surface area contributed by atoms with E-state index in [0.29, 0.717) is 0 Å². The number of thiophene rings is 1. The quantitative estimate of drug-likeness (QED) is 0.171. The highest BCUT2D eigenvalue weighted by atomic mass is 32.1. The predicted octanol–water partition coefficient (Wildman–Crippen LogP) is 14.3. The first kappa shape index (κ1) is 30.9. The second-order valence-corrected chi connectivity index (χ2v) is 15.1. The zero-order chi connectivity index (χ0) is 35.6.